The van der Waals surface area contributed by atoms with Gasteiger partial charge in [-0.3, -0.25) is 4.79 Å². The lowest BCUT2D eigenvalue weighted by Gasteiger charge is -2.07. The van der Waals surface area contributed by atoms with Crippen molar-refractivity contribution in [2.45, 2.75) is 0 Å². The van der Waals surface area contributed by atoms with Gasteiger partial charge < -0.3 is 4.74 Å². The van der Waals surface area contributed by atoms with Gasteiger partial charge in [0.05, 0.1) is 7.11 Å². The topological polar surface area (TPSA) is 26.3 Å². The number of halogens is 1. The molecule has 0 N–H and O–H groups in total. The molecule has 0 atom stereocenters. The first-order valence-corrected chi connectivity index (χ1v) is 7.31. The molecule has 0 spiro atoms. The Morgan fingerprint density at radius 1 is 1.10 bits per heavy atom. The van der Waals surface area contributed by atoms with Gasteiger partial charge in [0.2, 0.25) is 5.78 Å². The zero-order chi connectivity index (χ0) is 14.1. The highest BCUT2D eigenvalue weighted by Crippen LogP contribution is 2.32. The molecule has 0 bridgehead atoms. The lowest BCUT2D eigenvalue weighted by molar-refractivity contribution is 0.104. The number of ketones is 1. The molecule has 0 saturated heterocycles. The molecule has 1 heterocycles. The van der Waals surface area contributed by atoms with Gasteiger partial charge >= 0.3 is 0 Å². The lowest BCUT2D eigenvalue weighted by atomic mass is 10.0. The summed E-state index contributed by atoms with van der Waals surface area (Å²) in [6.45, 7) is 0. The van der Waals surface area contributed by atoms with Gasteiger partial charge in [0.25, 0.3) is 0 Å². The van der Waals surface area contributed by atoms with Gasteiger partial charge in [-0.05, 0) is 29.0 Å². The highest BCUT2D eigenvalue weighted by molar-refractivity contribution is 7.12. The average Bonchev–Trinajstić information content (AvgIpc) is 2.96. The van der Waals surface area contributed by atoms with E-state index < -0.39 is 0 Å². The van der Waals surface area contributed by atoms with Crippen molar-refractivity contribution in [1.29, 1.82) is 0 Å². The Bertz CT molecular complexity index is 792. The largest absolute Gasteiger partial charge is 0.495 e. The van der Waals surface area contributed by atoms with E-state index in [-0.39, 0.29) is 5.78 Å². The molecule has 0 saturated carbocycles. The molecular weight excluding hydrogens is 292 g/mol. The van der Waals surface area contributed by atoms with E-state index in [9.17, 15) is 4.79 Å². The second kappa shape index (κ2) is 5.27. The first kappa shape index (κ1) is 13.2. The molecule has 0 unspecified atom stereocenters. The van der Waals surface area contributed by atoms with Crippen molar-refractivity contribution in [2.75, 3.05) is 7.11 Å². The molecule has 20 heavy (non-hydrogen) atoms. The maximum atomic E-state index is 12.7. The monoisotopic (exact) mass is 302 g/mol. The van der Waals surface area contributed by atoms with Crippen molar-refractivity contribution in [2.24, 2.45) is 0 Å². The van der Waals surface area contributed by atoms with Crippen LogP contribution in [0.3, 0.4) is 0 Å². The zero-order valence-corrected chi connectivity index (χ0v) is 12.3. The number of hydrogen-bond donors (Lipinski definition) is 0. The van der Waals surface area contributed by atoms with Crippen LogP contribution in [0.1, 0.15) is 15.2 Å². The van der Waals surface area contributed by atoms with Crippen molar-refractivity contribution in [1.82, 2.24) is 0 Å². The molecule has 3 rings (SSSR count). The number of carbonyl (C=O) groups is 1. The normalized spacial score (nSPS) is 10.7. The Morgan fingerprint density at radius 2 is 1.85 bits per heavy atom. The third-order valence-electron chi connectivity index (χ3n) is 3.17. The molecular formula is C16H11ClO2S. The summed E-state index contributed by atoms with van der Waals surface area (Å²) in [4.78, 5) is 13.3. The van der Waals surface area contributed by atoms with Crippen molar-refractivity contribution in [3.05, 3.63) is 63.3 Å². The Hall–Kier alpha value is -1.84. The predicted octanol–water partition coefficient (Wildman–Crippen LogP) is 4.79. The van der Waals surface area contributed by atoms with Crippen molar-refractivity contribution < 1.29 is 9.53 Å². The Balaban J connectivity index is 2.20. The number of rotatable bonds is 3. The maximum Gasteiger partial charge on any atom is 0.207 e. The van der Waals surface area contributed by atoms with Gasteiger partial charge in [-0.25, -0.2) is 0 Å². The average molecular weight is 303 g/mol. The maximum absolute atomic E-state index is 12.7. The van der Waals surface area contributed by atoms with Crippen LogP contribution in [0.2, 0.25) is 5.02 Å². The minimum atomic E-state index is -0.0373. The minimum absolute atomic E-state index is 0.0373. The van der Waals surface area contributed by atoms with Gasteiger partial charge in [-0.1, -0.05) is 35.9 Å². The van der Waals surface area contributed by atoms with E-state index in [1.54, 1.807) is 25.3 Å². The molecule has 0 amide bonds. The molecule has 0 aliphatic heterocycles. The summed E-state index contributed by atoms with van der Waals surface area (Å²) in [6.07, 6.45) is 0. The van der Waals surface area contributed by atoms with E-state index in [0.717, 1.165) is 10.8 Å². The summed E-state index contributed by atoms with van der Waals surface area (Å²) in [6, 6.07) is 13.0. The van der Waals surface area contributed by atoms with E-state index >= 15 is 0 Å². The predicted molar refractivity (Wildman–Crippen MR) is 83.3 cm³/mol. The highest BCUT2D eigenvalue weighted by atomic mass is 35.5. The van der Waals surface area contributed by atoms with Crippen molar-refractivity contribution in [3.8, 4) is 5.75 Å². The van der Waals surface area contributed by atoms with E-state index in [0.29, 0.717) is 21.2 Å². The van der Waals surface area contributed by atoms with Crippen molar-refractivity contribution in [3.63, 3.8) is 0 Å². The molecule has 0 aliphatic carbocycles. The molecule has 4 heteroatoms. The summed E-state index contributed by atoms with van der Waals surface area (Å²) in [7, 11) is 1.57. The number of thiophene rings is 1. The number of fused-ring (bicyclic) bond motifs is 1. The van der Waals surface area contributed by atoms with Gasteiger partial charge in [0, 0.05) is 16.0 Å². The van der Waals surface area contributed by atoms with Crippen LogP contribution in [0.25, 0.3) is 10.8 Å². The van der Waals surface area contributed by atoms with Gasteiger partial charge in [0.1, 0.15) is 10.6 Å². The molecule has 2 nitrogen and oxygen atoms in total. The second-order valence-corrected chi connectivity index (χ2v) is 5.61. The van der Waals surface area contributed by atoms with Crippen LogP contribution in [0.15, 0.2) is 47.8 Å². The van der Waals surface area contributed by atoms with Crippen molar-refractivity contribution >= 4 is 39.5 Å². The number of ether oxygens (including phenoxy) is 1. The summed E-state index contributed by atoms with van der Waals surface area (Å²) < 4.78 is 5.23. The minimum Gasteiger partial charge on any atom is -0.495 e. The standard InChI is InChI=1S/C16H11ClO2S/c1-19-14-8-9-20-16(14)15(18)12-6-7-13(17)11-5-3-2-4-10(11)12/h2-9H,1H3. The summed E-state index contributed by atoms with van der Waals surface area (Å²) in [5.41, 5.74) is 0.644. The number of carbonyl (C=O) groups excluding carboxylic acids is 1. The van der Waals surface area contributed by atoms with Gasteiger partial charge in [0.15, 0.2) is 0 Å². The van der Waals surface area contributed by atoms with Crippen LogP contribution in [0.5, 0.6) is 5.75 Å². The molecule has 2 aromatic carbocycles. The fraction of sp³-hybridized carbons (Fsp3) is 0.0625. The van der Waals surface area contributed by atoms with Crippen LogP contribution in [-0.4, -0.2) is 12.9 Å². The third-order valence-corrected chi connectivity index (χ3v) is 4.39. The van der Waals surface area contributed by atoms with E-state index in [1.165, 1.54) is 11.3 Å². The smallest absolute Gasteiger partial charge is 0.207 e. The number of benzene rings is 2. The van der Waals surface area contributed by atoms with Crippen LogP contribution in [0, 0.1) is 0 Å². The molecule has 3 aromatic rings. The zero-order valence-electron chi connectivity index (χ0n) is 10.7. The van der Waals surface area contributed by atoms with Gasteiger partial charge in [-0.15, -0.1) is 11.3 Å². The van der Waals surface area contributed by atoms with Crippen LogP contribution >= 0.6 is 22.9 Å². The van der Waals surface area contributed by atoms with Crippen LogP contribution in [-0.2, 0) is 0 Å². The fourth-order valence-electron chi connectivity index (χ4n) is 2.21. The molecule has 0 aliphatic rings. The molecule has 0 fully saturated rings. The van der Waals surface area contributed by atoms with E-state index in [2.05, 4.69) is 0 Å². The first-order chi connectivity index (χ1) is 9.72. The quantitative estimate of drug-likeness (QED) is 0.650. The Labute approximate surface area is 125 Å². The van der Waals surface area contributed by atoms with Crippen LogP contribution in [0.4, 0.5) is 0 Å². The second-order valence-electron chi connectivity index (χ2n) is 4.29. The Morgan fingerprint density at radius 3 is 2.60 bits per heavy atom. The Kier molecular flexibility index (Phi) is 3.47. The van der Waals surface area contributed by atoms with E-state index in [1.807, 2.05) is 29.6 Å². The summed E-state index contributed by atoms with van der Waals surface area (Å²) in [5, 5.41) is 4.25. The highest BCUT2D eigenvalue weighted by Gasteiger charge is 2.18. The number of hydrogen-bond acceptors (Lipinski definition) is 3. The lowest BCUT2D eigenvalue weighted by Crippen LogP contribution is -2.01. The fourth-order valence-corrected chi connectivity index (χ4v) is 3.25. The first-order valence-electron chi connectivity index (χ1n) is 6.06. The SMILES string of the molecule is COc1ccsc1C(=O)c1ccc(Cl)c2ccccc12. The van der Waals surface area contributed by atoms with Gasteiger partial charge in [-0.2, -0.15) is 0 Å². The number of methoxy groups -OCH3 is 1. The molecule has 100 valence electrons. The van der Waals surface area contributed by atoms with E-state index in [4.69, 9.17) is 16.3 Å². The molecule has 1 aromatic heterocycles. The summed E-state index contributed by atoms with van der Waals surface area (Å²) >= 11 is 7.57. The van der Waals surface area contributed by atoms with Crippen LogP contribution < -0.4 is 4.74 Å². The molecule has 0 radical (unpaired) electrons. The summed E-state index contributed by atoms with van der Waals surface area (Å²) in [5.74, 6) is 0.573. The third kappa shape index (κ3) is 2.09.